The van der Waals surface area contributed by atoms with Crippen LogP contribution in [0, 0.1) is 0 Å². The summed E-state index contributed by atoms with van der Waals surface area (Å²) in [4.78, 5) is 8.43. The fourth-order valence-corrected chi connectivity index (χ4v) is 4.96. The van der Waals surface area contributed by atoms with Gasteiger partial charge in [0.2, 0.25) is 21.9 Å². The highest BCUT2D eigenvalue weighted by atomic mass is 32.2. The number of rotatable bonds is 10. The van der Waals surface area contributed by atoms with Crippen molar-refractivity contribution in [3.63, 3.8) is 0 Å². The second-order valence-electron chi connectivity index (χ2n) is 8.19. The van der Waals surface area contributed by atoms with E-state index in [1.54, 1.807) is 56.0 Å². The van der Waals surface area contributed by atoms with E-state index < -0.39 is 21.2 Å². The van der Waals surface area contributed by atoms with E-state index >= 15 is 0 Å². The summed E-state index contributed by atoms with van der Waals surface area (Å²) < 4.78 is 49.0. The Balaban J connectivity index is 1.79. The molecule has 0 amide bonds. The van der Waals surface area contributed by atoms with Crippen molar-refractivity contribution in [1.29, 1.82) is 0 Å². The minimum Gasteiger partial charge on any atom is -0.494 e. The topological polar surface area (TPSA) is 148 Å². The van der Waals surface area contributed by atoms with Crippen LogP contribution < -0.4 is 18.9 Å². The molecule has 3 aromatic heterocycles. The highest BCUT2D eigenvalue weighted by molar-refractivity contribution is 7.93. The number of nitrogens with one attached hydrogen (secondary N) is 1. The smallest absolute Gasteiger partial charge is 0.243 e. The molecule has 13 nitrogen and oxygen atoms in total. The molecule has 4 rings (SSSR count). The van der Waals surface area contributed by atoms with Crippen LogP contribution in [0.5, 0.6) is 17.4 Å². The Hall–Kier alpha value is -4.20. The van der Waals surface area contributed by atoms with Gasteiger partial charge in [-0.1, -0.05) is 13.0 Å². The number of sulfonamides is 1. The monoisotopic (exact) mass is 528 g/mol. The number of benzene rings is 1. The lowest BCUT2D eigenvalue weighted by atomic mass is 10.1. The second kappa shape index (κ2) is 10.4. The average molecular weight is 529 g/mol. The second-order valence-corrected chi connectivity index (χ2v) is 10.2. The van der Waals surface area contributed by atoms with E-state index in [0.29, 0.717) is 40.3 Å². The summed E-state index contributed by atoms with van der Waals surface area (Å²) in [6.07, 6.45) is 4.69. The van der Waals surface area contributed by atoms with Gasteiger partial charge < -0.3 is 14.2 Å². The van der Waals surface area contributed by atoms with E-state index in [1.165, 1.54) is 38.3 Å². The Bertz CT molecular complexity index is 1460. The summed E-state index contributed by atoms with van der Waals surface area (Å²) in [6.45, 7) is 3.34. The van der Waals surface area contributed by atoms with E-state index in [0.717, 1.165) is 0 Å². The van der Waals surface area contributed by atoms with Gasteiger partial charge in [0.1, 0.15) is 22.9 Å². The van der Waals surface area contributed by atoms with Crippen molar-refractivity contribution in [2.75, 3.05) is 26.1 Å². The zero-order valence-electron chi connectivity index (χ0n) is 21.3. The lowest BCUT2D eigenvalue weighted by molar-refractivity contribution is 0.391. The number of aromatic nitrogens is 7. The molecule has 196 valence electrons. The average Bonchev–Trinajstić information content (AvgIpc) is 3.52. The molecule has 0 aliphatic heterocycles. The van der Waals surface area contributed by atoms with Gasteiger partial charge >= 0.3 is 0 Å². The van der Waals surface area contributed by atoms with Gasteiger partial charge in [0.25, 0.3) is 0 Å². The van der Waals surface area contributed by atoms with Gasteiger partial charge in [-0.05, 0) is 25.1 Å². The molecule has 0 fully saturated rings. The van der Waals surface area contributed by atoms with Crippen LogP contribution in [0.15, 0.2) is 42.9 Å². The predicted molar refractivity (Wildman–Crippen MR) is 136 cm³/mol. The molecule has 1 aromatic carbocycles. The lowest BCUT2D eigenvalue weighted by Gasteiger charge is -2.21. The van der Waals surface area contributed by atoms with Crippen LogP contribution in [0.4, 0.5) is 5.95 Å². The van der Waals surface area contributed by atoms with Gasteiger partial charge in [0.05, 0.1) is 44.7 Å². The third-order valence-corrected chi connectivity index (χ3v) is 7.84. The summed E-state index contributed by atoms with van der Waals surface area (Å²) in [5.74, 6) is 0.929. The maximum absolute atomic E-state index is 13.5. The minimum atomic E-state index is -3.99. The molecular weight excluding hydrogens is 500 g/mol. The molecule has 37 heavy (non-hydrogen) atoms. The molecular formula is C23H28N8O5S. The van der Waals surface area contributed by atoms with E-state index in [9.17, 15) is 8.42 Å². The molecule has 0 spiro atoms. The number of methoxy groups -OCH3 is 3. The highest BCUT2D eigenvalue weighted by Gasteiger charge is 2.32. The van der Waals surface area contributed by atoms with Crippen LogP contribution in [-0.4, -0.2) is 69.5 Å². The summed E-state index contributed by atoms with van der Waals surface area (Å²) in [5.41, 5.74) is 1.39. The summed E-state index contributed by atoms with van der Waals surface area (Å²) in [5, 5.41) is 11.9. The van der Waals surface area contributed by atoms with Crippen molar-refractivity contribution in [3.8, 4) is 34.6 Å². The molecule has 0 unspecified atom stereocenters. The van der Waals surface area contributed by atoms with Crippen LogP contribution in [0.2, 0.25) is 0 Å². The zero-order chi connectivity index (χ0) is 26.7. The van der Waals surface area contributed by atoms with Crippen LogP contribution >= 0.6 is 0 Å². The van der Waals surface area contributed by atoms with Crippen molar-refractivity contribution in [2.45, 2.75) is 25.0 Å². The maximum Gasteiger partial charge on any atom is 0.243 e. The standard InChI is InChI=1S/C23H28N8O5S/c1-14(17-12-25-20(36-6)13-24-17)15(2)37(32,33)29-23-27-26-22(16-10-11-30(3)28-16)31(23)21-18(34-4)8-7-9-19(21)35-5/h7-15H,1-6H3,(H,27,29)/t14-,15-/m0/s1. The lowest BCUT2D eigenvalue weighted by Crippen LogP contribution is -2.31. The first kappa shape index (κ1) is 25.9. The molecule has 0 radical (unpaired) electrons. The largest absolute Gasteiger partial charge is 0.494 e. The van der Waals surface area contributed by atoms with Crippen molar-refractivity contribution in [3.05, 3.63) is 48.5 Å². The fourth-order valence-electron chi connectivity index (χ4n) is 3.71. The number of anilines is 1. The fraction of sp³-hybridized carbons (Fsp3) is 0.348. The Morgan fingerprint density at radius 1 is 0.946 bits per heavy atom. The van der Waals surface area contributed by atoms with Gasteiger partial charge in [-0.25, -0.2) is 13.4 Å². The highest BCUT2D eigenvalue weighted by Crippen LogP contribution is 2.37. The van der Waals surface area contributed by atoms with Crippen molar-refractivity contribution < 1.29 is 22.6 Å². The Labute approximate surface area is 214 Å². The van der Waals surface area contributed by atoms with E-state index in [1.807, 2.05) is 0 Å². The number of hydrogen-bond donors (Lipinski definition) is 1. The molecule has 0 saturated heterocycles. The molecule has 1 N–H and O–H groups in total. The quantitative estimate of drug-likeness (QED) is 0.325. The van der Waals surface area contributed by atoms with E-state index in [-0.39, 0.29) is 5.95 Å². The number of hydrogen-bond acceptors (Lipinski definition) is 10. The molecule has 4 aromatic rings. The minimum absolute atomic E-state index is 0.0525. The first-order valence-corrected chi connectivity index (χ1v) is 12.8. The Kier molecular flexibility index (Phi) is 7.29. The molecule has 14 heteroatoms. The number of para-hydroxylation sites is 1. The Morgan fingerprint density at radius 3 is 2.19 bits per heavy atom. The van der Waals surface area contributed by atoms with Crippen LogP contribution in [0.25, 0.3) is 17.2 Å². The number of nitrogens with zero attached hydrogens (tertiary/aromatic N) is 7. The summed E-state index contributed by atoms with van der Waals surface area (Å²) in [7, 11) is 2.27. The molecule has 3 heterocycles. The van der Waals surface area contributed by atoms with Crippen LogP contribution in [0.3, 0.4) is 0 Å². The summed E-state index contributed by atoms with van der Waals surface area (Å²) >= 11 is 0. The molecule has 2 atom stereocenters. The van der Waals surface area contributed by atoms with Crippen LogP contribution in [0.1, 0.15) is 25.5 Å². The van der Waals surface area contributed by atoms with Gasteiger partial charge in [-0.2, -0.15) is 5.10 Å². The van der Waals surface area contributed by atoms with Gasteiger partial charge in [0.15, 0.2) is 5.82 Å². The normalized spacial score (nSPS) is 13.1. The number of ether oxygens (including phenoxy) is 3. The molecule has 0 saturated carbocycles. The Morgan fingerprint density at radius 2 is 1.65 bits per heavy atom. The third-order valence-electron chi connectivity index (χ3n) is 5.98. The molecule has 0 aliphatic rings. The van der Waals surface area contributed by atoms with Crippen LogP contribution in [-0.2, 0) is 17.1 Å². The molecule has 0 bridgehead atoms. The first-order valence-electron chi connectivity index (χ1n) is 11.2. The first-order chi connectivity index (χ1) is 17.7. The van der Waals surface area contributed by atoms with Crippen molar-refractivity contribution in [1.82, 2.24) is 34.5 Å². The summed E-state index contributed by atoms with van der Waals surface area (Å²) in [6, 6.07) is 6.96. The van der Waals surface area contributed by atoms with Gasteiger partial charge in [-0.15, -0.1) is 10.2 Å². The zero-order valence-corrected chi connectivity index (χ0v) is 22.1. The van der Waals surface area contributed by atoms with Crippen molar-refractivity contribution in [2.24, 2.45) is 7.05 Å². The maximum atomic E-state index is 13.5. The predicted octanol–water partition coefficient (Wildman–Crippen LogP) is 2.42. The van der Waals surface area contributed by atoms with E-state index in [4.69, 9.17) is 14.2 Å². The van der Waals surface area contributed by atoms with E-state index in [2.05, 4.69) is 30.0 Å². The van der Waals surface area contributed by atoms with Crippen molar-refractivity contribution >= 4 is 16.0 Å². The van der Waals surface area contributed by atoms with Gasteiger partial charge in [-0.3, -0.25) is 19.0 Å². The third kappa shape index (κ3) is 5.05. The number of aryl methyl sites for hydroxylation is 1. The van der Waals surface area contributed by atoms with Gasteiger partial charge in [0, 0.05) is 19.2 Å². The SMILES string of the molecule is COc1cnc([C@@H](C)[C@H](C)S(=O)(=O)Nc2nnc(-c3ccn(C)n3)n2-c2c(OC)cccc2OC)cn1. The molecule has 0 aliphatic carbocycles.